The van der Waals surface area contributed by atoms with Gasteiger partial charge >= 0.3 is 0 Å². The maximum Gasteiger partial charge on any atom is 0.155 e. The van der Waals surface area contributed by atoms with Gasteiger partial charge in [-0.05, 0) is 13.8 Å². The van der Waals surface area contributed by atoms with Crippen LogP contribution in [0.2, 0.25) is 0 Å². The van der Waals surface area contributed by atoms with E-state index in [1.54, 1.807) is 0 Å². The number of rotatable bonds is 2. The summed E-state index contributed by atoms with van der Waals surface area (Å²) in [6.07, 6.45) is 9.24. The van der Waals surface area contributed by atoms with E-state index in [1.165, 1.54) is 74.8 Å². The van der Waals surface area contributed by atoms with E-state index in [0.717, 1.165) is 5.92 Å². The van der Waals surface area contributed by atoms with Crippen LogP contribution >= 0.6 is 0 Å². The van der Waals surface area contributed by atoms with Gasteiger partial charge in [-0.3, -0.25) is 4.79 Å². The van der Waals surface area contributed by atoms with Crippen LogP contribution in [-0.2, 0) is 24.9 Å². The van der Waals surface area contributed by atoms with Crippen LogP contribution < -0.4 is 0 Å². The number of carbonyl (C=O) groups excluding carboxylic acids is 1. The second-order valence-corrected chi connectivity index (χ2v) is 7.73. The zero-order valence-corrected chi connectivity index (χ0v) is 19.0. The molecule has 1 aliphatic carbocycles. The molecule has 3 atom stereocenters. The molecular weight excluding hydrogens is 526 g/mol. The maximum atomic E-state index is 10.0. The minimum Gasteiger partial charge on any atom is -0.654 e. The summed E-state index contributed by atoms with van der Waals surface area (Å²) in [7, 11) is 0. The molecule has 4 rings (SSSR count). The van der Waals surface area contributed by atoms with E-state index in [4.69, 9.17) is 10.4 Å². The molecular formula is C24H29IrNO2-2. The third-order valence-corrected chi connectivity index (χ3v) is 5.55. The number of hydrogen-bond donors (Lipinski definition) is 1. The Balaban J connectivity index is 0.000000306. The van der Waals surface area contributed by atoms with Gasteiger partial charge in [0.25, 0.3) is 0 Å². The molecule has 153 valence electrons. The van der Waals surface area contributed by atoms with Crippen molar-refractivity contribution in [1.82, 2.24) is 0 Å². The summed E-state index contributed by atoms with van der Waals surface area (Å²) in [5, 5.41) is 16.2. The number of allylic oxidation sites excluding steroid dienone is 2. The maximum absolute atomic E-state index is 10.0. The summed E-state index contributed by atoms with van der Waals surface area (Å²) < 4.78 is 0. The first kappa shape index (κ1) is 22.8. The smallest absolute Gasteiger partial charge is 0.155 e. The first-order chi connectivity index (χ1) is 13.0. The standard InChI is InChI=1S/C19H21N.C5H8O2.Ir/c1-3-9-16-14(6-1)8-5-10-17(16)19-13-12-15-7-2-4-11-18(15)20-19;1-4(6)3-5(2)7;/h1,3,5-6,8-9,15,18-19H,2,4,7,11-13H2;3,6H,1-2H3;/q-2;;/b;4-3-;. The Kier molecular flexibility index (Phi) is 8.88. The summed E-state index contributed by atoms with van der Waals surface area (Å²) in [5.41, 5.74) is 1.33. The van der Waals surface area contributed by atoms with Gasteiger partial charge in [0, 0.05) is 26.2 Å². The zero-order chi connectivity index (χ0) is 19.2. The molecule has 2 aromatic carbocycles. The van der Waals surface area contributed by atoms with Crippen LogP contribution in [0.15, 0.2) is 48.2 Å². The van der Waals surface area contributed by atoms with Gasteiger partial charge in [0.1, 0.15) is 0 Å². The van der Waals surface area contributed by atoms with Crippen LogP contribution in [0, 0.1) is 12.0 Å². The number of ketones is 1. The first-order valence-electron chi connectivity index (χ1n) is 10.0. The number of aliphatic hydroxyl groups excluding tert-OH is 1. The second-order valence-electron chi connectivity index (χ2n) is 7.73. The summed E-state index contributed by atoms with van der Waals surface area (Å²) in [5.74, 6) is 0.808. The zero-order valence-electron chi connectivity index (χ0n) is 16.7. The van der Waals surface area contributed by atoms with Crippen molar-refractivity contribution in [3.05, 3.63) is 65.2 Å². The van der Waals surface area contributed by atoms with Crippen molar-refractivity contribution < 1.29 is 30.0 Å². The van der Waals surface area contributed by atoms with Gasteiger partial charge in [-0.1, -0.05) is 62.6 Å². The van der Waals surface area contributed by atoms with Crippen LogP contribution in [0.25, 0.3) is 16.1 Å². The van der Waals surface area contributed by atoms with Gasteiger partial charge in [-0.25, -0.2) is 0 Å². The molecule has 1 N–H and O–H groups in total. The van der Waals surface area contributed by atoms with Gasteiger partial charge in [0.15, 0.2) is 5.78 Å². The fourth-order valence-corrected chi connectivity index (χ4v) is 4.37. The molecule has 4 heteroatoms. The molecule has 1 aliphatic heterocycles. The molecule has 0 amide bonds. The molecule has 1 radical (unpaired) electrons. The predicted octanol–water partition coefficient (Wildman–Crippen LogP) is 6.44. The van der Waals surface area contributed by atoms with Crippen LogP contribution in [-0.4, -0.2) is 16.9 Å². The Hall–Kier alpha value is -1.48. The van der Waals surface area contributed by atoms with Gasteiger partial charge < -0.3 is 10.4 Å². The number of piperidine rings is 1. The monoisotopic (exact) mass is 556 g/mol. The molecule has 3 unspecified atom stereocenters. The van der Waals surface area contributed by atoms with Crippen LogP contribution in [0.1, 0.15) is 64.0 Å². The van der Waals surface area contributed by atoms with Crippen molar-refractivity contribution in [2.45, 2.75) is 64.5 Å². The topological polar surface area (TPSA) is 51.4 Å². The molecule has 2 aliphatic rings. The fraction of sp³-hybridized carbons (Fsp3) is 0.458. The van der Waals surface area contributed by atoms with Gasteiger partial charge in [0.05, 0.1) is 5.76 Å². The van der Waals surface area contributed by atoms with E-state index in [-0.39, 0.29) is 31.6 Å². The van der Waals surface area contributed by atoms with Crippen molar-refractivity contribution in [2.24, 2.45) is 5.92 Å². The van der Waals surface area contributed by atoms with Crippen molar-refractivity contribution >= 4 is 16.6 Å². The number of aliphatic hydroxyl groups is 1. The number of nitrogens with zero attached hydrogens (tertiary/aromatic N) is 1. The van der Waals surface area contributed by atoms with Crippen LogP contribution in [0.4, 0.5) is 0 Å². The number of fused-ring (bicyclic) bond motifs is 2. The van der Waals surface area contributed by atoms with Gasteiger partial charge in [-0.2, -0.15) is 23.8 Å². The molecule has 0 spiro atoms. The van der Waals surface area contributed by atoms with Crippen molar-refractivity contribution in [2.75, 3.05) is 0 Å². The van der Waals surface area contributed by atoms with Gasteiger partial charge in [0.2, 0.25) is 0 Å². The molecule has 0 bridgehead atoms. The summed E-state index contributed by atoms with van der Waals surface area (Å²) in [4.78, 5) is 10.0. The molecule has 1 saturated carbocycles. The van der Waals surface area contributed by atoms with E-state index in [1.807, 2.05) is 0 Å². The molecule has 2 fully saturated rings. The van der Waals surface area contributed by atoms with Gasteiger partial charge in [-0.15, -0.1) is 28.9 Å². The Morgan fingerprint density at radius 1 is 1.11 bits per heavy atom. The number of carbonyl (C=O) groups is 1. The van der Waals surface area contributed by atoms with E-state index >= 15 is 0 Å². The summed E-state index contributed by atoms with van der Waals surface area (Å²) in [6, 6.07) is 17.4. The van der Waals surface area contributed by atoms with Crippen molar-refractivity contribution in [3.8, 4) is 0 Å². The fourth-order valence-electron chi connectivity index (χ4n) is 4.37. The molecule has 28 heavy (non-hydrogen) atoms. The quantitative estimate of drug-likeness (QED) is 0.263. The Labute approximate surface area is 182 Å². The largest absolute Gasteiger partial charge is 0.654 e. The Bertz CT molecular complexity index is 808. The molecule has 3 nitrogen and oxygen atoms in total. The second kappa shape index (κ2) is 10.9. The third kappa shape index (κ3) is 6.01. The Morgan fingerprint density at radius 2 is 1.86 bits per heavy atom. The van der Waals surface area contributed by atoms with Crippen molar-refractivity contribution in [1.29, 1.82) is 0 Å². The van der Waals surface area contributed by atoms with E-state index < -0.39 is 0 Å². The molecule has 0 aromatic heterocycles. The summed E-state index contributed by atoms with van der Waals surface area (Å²) >= 11 is 0. The SMILES string of the molecule is CC(=O)/C=C(/C)O.[Ir].[c-]1ccc2ccccc2c1C1CCC2CCCCC2[N-]1. The van der Waals surface area contributed by atoms with E-state index in [0.29, 0.717) is 12.1 Å². The molecule has 1 heterocycles. The van der Waals surface area contributed by atoms with Crippen molar-refractivity contribution in [3.63, 3.8) is 0 Å². The molecule has 2 aromatic rings. The van der Waals surface area contributed by atoms with E-state index in [2.05, 4.69) is 42.5 Å². The average molecular weight is 556 g/mol. The average Bonchev–Trinajstić information content (AvgIpc) is 2.66. The minimum absolute atomic E-state index is 0. The van der Waals surface area contributed by atoms with Crippen LogP contribution in [0.5, 0.6) is 0 Å². The summed E-state index contributed by atoms with van der Waals surface area (Å²) in [6.45, 7) is 2.85. The van der Waals surface area contributed by atoms with E-state index in [9.17, 15) is 4.79 Å². The predicted molar refractivity (Wildman–Crippen MR) is 111 cm³/mol. The number of benzene rings is 2. The number of hydrogen-bond acceptors (Lipinski definition) is 2. The molecule has 1 saturated heterocycles. The minimum atomic E-state index is -0.125. The Morgan fingerprint density at radius 3 is 2.57 bits per heavy atom. The third-order valence-electron chi connectivity index (χ3n) is 5.55. The first-order valence-corrected chi connectivity index (χ1v) is 10.0. The normalized spacial score (nSPS) is 24.4. The van der Waals surface area contributed by atoms with Crippen LogP contribution in [0.3, 0.4) is 0 Å².